The van der Waals surface area contributed by atoms with Gasteiger partial charge >= 0.3 is 0 Å². The SMILES string of the molecule is CCCCCC1CCC(c2cc(F)c3c(F)c(Cl)c(F)cc3c2)CC1. The van der Waals surface area contributed by atoms with Crippen molar-refractivity contribution in [1.29, 1.82) is 0 Å². The first-order chi connectivity index (χ1) is 12.0. The number of fused-ring (bicyclic) bond motifs is 1. The molecule has 0 atom stereocenters. The van der Waals surface area contributed by atoms with Gasteiger partial charge in [0.1, 0.15) is 16.7 Å². The van der Waals surface area contributed by atoms with Gasteiger partial charge in [-0.2, -0.15) is 0 Å². The quantitative estimate of drug-likeness (QED) is 0.373. The summed E-state index contributed by atoms with van der Waals surface area (Å²) in [6, 6.07) is 4.26. The lowest BCUT2D eigenvalue weighted by molar-refractivity contribution is 0.302. The van der Waals surface area contributed by atoms with E-state index in [9.17, 15) is 13.2 Å². The lowest BCUT2D eigenvalue weighted by Gasteiger charge is -2.29. The Morgan fingerprint density at radius 2 is 1.68 bits per heavy atom. The predicted octanol–water partition coefficient (Wildman–Crippen LogP) is 7.76. The second kappa shape index (κ2) is 7.99. The van der Waals surface area contributed by atoms with Gasteiger partial charge in [-0.15, -0.1) is 0 Å². The number of rotatable bonds is 5. The molecule has 0 unspecified atom stereocenters. The first kappa shape index (κ1) is 18.6. The highest BCUT2D eigenvalue weighted by Crippen LogP contribution is 2.40. The van der Waals surface area contributed by atoms with Crippen molar-refractivity contribution in [2.75, 3.05) is 0 Å². The van der Waals surface area contributed by atoms with Gasteiger partial charge < -0.3 is 0 Å². The van der Waals surface area contributed by atoms with Crippen molar-refractivity contribution in [3.05, 3.63) is 46.2 Å². The Kier molecular flexibility index (Phi) is 5.93. The number of hydrogen-bond donors (Lipinski definition) is 0. The highest BCUT2D eigenvalue weighted by atomic mass is 35.5. The van der Waals surface area contributed by atoms with Crippen molar-refractivity contribution in [1.82, 2.24) is 0 Å². The molecule has 1 saturated carbocycles. The fraction of sp³-hybridized carbons (Fsp3) is 0.524. The van der Waals surface area contributed by atoms with Gasteiger partial charge in [-0.1, -0.05) is 50.3 Å². The topological polar surface area (TPSA) is 0 Å². The smallest absolute Gasteiger partial charge is 0.155 e. The summed E-state index contributed by atoms with van der Waals surface area (Å²) in [6.45, 7) is 2.21. The fourth-order valence-electron chi connectivity index (χ4n) is 4.11. The summed E-state index contributed by atoms with van der Waals surface area (Å²) in [6.07, 6.45) is 9.42. The van der Waals surface area contributed by atoms with Crippen LogP contribution in [0.5, 0.6) is 0 Å². The zero-order chi connectivity index (χ0) is 18.0. The van der Waals surface area contributed by atoms with Gasteiger partial charge in [0.2, 0.25) is 0 Å². The molecule has 0 nitrogen and oxygen atoms in total. The van der Waals surface area contributed by atoms with Crippen LogP contribution >= 0.6 is 11.6 Å². The maximum absolute atomic E-state index is 14.4. The Morgan fingerprint density at radius 1 is 0.960 bits per heavy atom. The molecule has 0 aromatic heterocycles. The molecular weight excluding hydrogens is 345 g/mol. The Bertz CT molecular complexity index is 749. The lowest BCUT2D eigenvalue weighted by atomic mass is 9.76. The largest absolute Gasteiger partial charge is 0.206 e. The molecule has 0 heterocycles. The van der Waals surface area contributed by atoms with Crippen LogP contribution in [-0.4, -0.2) is 0 Å². The summed E-state index contributed by atoms with van der Waals surface area (Å²) in [5.41, 5.74) is 0.845. The van der Waals surface area contributed by atoms with Crippen molar-refractivity contribution >= 4 is 22.4 Å². The van der Waals surface area contributed by atoms with Crippen LogP contribution in [0.3, 0.4) is 0 Å². The summed E-state index contributed by atoms with van der Waals surface area (Å²) in [5, 5.41) is -0.616. The number of benzene rings is 2. The van der Waals surface area contributed by atoms with Crippen molar-refractivity contribution in [3.63, 3.8) is 0 Å². The maximum atomic E-state index is 14.4. The van der Waals surface area contributed by atoms with Crippen LogP contribution in [0.4, 0.5) is 13.2 Å². The van der Waals surface area contributed by atoms with Gasteiger partial charge in [0.25, 0.3) is 0 Å². The van der Waals surface area contributed by atoms with Crippen LogP contribution in [0, 0.1) is 23.4 Å². The van der Waals surface area contributed by atoms with Crippen LogP contribution in [0.1, 0.15) is 69.8 Å². The third-order valence-electron chi connectivity index (χ3n) is 5.58. The molecule has 0 N–H and O–H groups in total. The average Bonchev–Trinajstić information content (AvgIpc) is 2.60. The van der Waals surface area contributed by atoms with Crippen molar-refractivity contribution in [2.24, 2.45) is 5.92 Å². The summed E-state index contributed by atoms with van der Waals surface area (Å²) in [4.78, 5) is 0. The Labute approximate surface area is 152 Å². The molecule has 2 aromatic carbocycles. The molecule has 0 amide bonds. The maximum Gasteiger partial charge on any atom is 0.155 e. The standard InChI is InChI=1S/C21H24ClF3/c1-2-3-4-5-13-6-8-14(9-7-13)15-10-16-12-18(24)20(22)21(25)19(16)17(23)11-15/h10-14H,2-9H2,1H3. The second-order valence-corrected chi connectivity index (χ2v) is 7.68. The minimum absolute atomic E-state index is 0.219. The number of halogens is 4. The van der Waals surface area contributed by atoms with Crippen LogP contribution in [0.25, 0.3) is 10.8 Å². The van der Waals surface area contributed by atoms with Crippen LogP contribution < -0.4 is 0 Å². The molecule has 25 heavy (non-hydrogen) atoms. The molecule has 0 spiro atoms. The van der Waals surface area contributed by atoms with E-state index in [0.29, 0.717) is 0 Å². The van der Waals surface area contributed by atoms with Gasteiger partial charge in [-0.05, 0) is 60.6 Å². The number of hydrogen-bond acceptors (Lipinski definition) is 0. The van der Waals surface area contributed by atoms with Gasteiger partial charge in [0, 0.05) is 0 Å². The molecule has 0 saturated heterocycles. The van der Waals surface area contributed by atoms with E-state index in [0.717, 1.165) is 43.2 Å². The zero-order valence-corrected chi connectivity index (χ0v) is 15.3. The molecule has 0 radical (unpaired) electrons. The van der Waals surface area contributed by atoms with Crippen LogP contribution in [0.2, 0.25) is 5.02 Å². The third kappa shape index (κ3) is 3.97. The molecule has 0 bridgehead atoms. The molecule has 0 aliphatic heterocycles. The molecular formula is C21H24ClF3. The molecule has 1 aliphatic carbocycles. The number of unbranched alkanes of at least 4 members (excludes halogenated alkanes) is 2. The Balaban J connectivity index is 1.78. The first-order valence-corrected chi connectivity index (χ1v) is 9.65. The van der Waals surface area contributed by atoms with E-state index in [2.05, 4.69) is 6.92 Å². The minimum atomic E-state index is -1.01. The molecule has 3 rings (SSSR count). The van der Waals surface area contributed by atoms with E-state index >= 15 is 0 Å². The summed E-state index contributed by atoms with van der Waals surface area (Å²) in [7, 11) is 0. The van der Waals surface area contributed by atoms with Crippen molar-refractivity contribution in [3.8, 4) is 0 Å². The van der Waals surface area contributed by atoms with Crippen molar-refractivity contribution < 1.29 is 13.2 Å². The van der Waals surface area contributed by atoms with Crippen LogP contribution in [0.15, 0.2) is 18.2 Å². The van der Waals surface area contributed by atoms with Gasteiger partial charge in [-0.3, -0.25) is 0 Å². The van der Waals surface area contributed by atoms with Gasteiger partial charge in [0.15, 0.2) is 5.82 Å². The first-order valence-electron chi connectivity index (χ1n) is 9.28. The fourth-order valence-corrected chi connectivity index (χ4v) is 4.26. The van der Waals surface area contributed by atoms with E-state index in [-0.39, 0.29) is 16.7 Å². The Morgan fingerprint density at radius 3 is 2.36 bits per heavy atom. The molecule has 1 fully saturated rings. The molecule has 136 valence electrons. The van der Waals surface area contributed by atoms with Crippen molar-refractivity contribution in [2.45, 2.75) is 64.2 Å². The van der Waals surface area contributed by atoms with E-state index in [1.807, 2.05) is 0 Å². The predicted molar refractivity (Wildman–Crippen MR) is 97.7 cm³/mol. The normalized spacial score (nSPS) is 21.0. The van der Waals surface area contributed by atoms with Gasteiger partial charge in [0.05, 0.1) is 5.39 Å². The summed E-state index contributed by atoms with van der Waals surface area (Å²) >= 11 is 5.57. The van der Waals surface area contributed by atoms with Gasteiger partial charge in [-0.25, -0.2) is 13.2 Å². The van der Waals surface area contributed by atoms with E-state index in [1.54, 1.807) is 6.07 Å². The highest BCUT2D eigenvalue weighted by molar-refractivity contribution is 6.31. The van der Waals surface area contributed by atoms with E-state index in [1.165, 1.54) is 31.7 Å². The average molecular weight is 369 g/mol. The molecule has 4 heteroatoms. The molecule has 1 aliphatic rings. The van der Waals surface area contributed by atoms with Crippen LogP contribution in [-0.2, 0) is 0 Å². The van der Waals surface area contributed by atoms with E-state index < -0.39 is 22.5 Å². The zero-order valence-electron chi connectivity index (χ0n) is 14.6. The Hall–Kier alpha value is -1.22. The summed E-state index contributed by atoms with van der Waals surface area (Å²) < 4.78 is 42.2. The minimum Gasteiger partial charge on any atom is -0.206 e. The third-order valence-corrected chi connectivity index (χ3v) is 5.93. The lowest BCUT2D eigenvalue weighted by Crippen LogP contribution is -2.13. The second-order valence-electron chi connectivity index (χ2n) is 7.30. The summed E-state index contributed by atoms with van der Waals surface area (Å²) in [5.74, 6) is -1.48. The van der Waals surface area contributed by atoms with E-state index in [4.69, 9.17) is 11.6 Å². The molecule has 2 aromatic rings. The highest BCUT2D eigenvalue weighted by Gasteiger charge is 2.24. The monoisotopic (exact) mass is 368 g/mol.